The van der Waals surface area contributed by atoms with Crippen LogP contribution in [-0.4, -0.2) is 10.7 Å². The minimum absolute atomic E-state index is 0.0351. The van der Waals surface area contributed by atoms with Crippen LogP contribution < -0.4 is 0 Å². The first kappa shape index (κ1) is 17.7. The van der Waals surface area contributed by atoms with E-state index in [-0.39, 0.29) is 10.8 Å². The maximum Gasteiger partial charge on any atom is 0.0599 e. The van der Waals surface area contributed by atoms with Gasteiger partial charge in [-0.2, -0.15) is 0 Å². The molecule has 0 bridgehead atoms. The summed E-state index contributed by atoms with van der Waals surface area (Å²) in [4.78, 5) is 0. The molecule has 0 fully saturated rings. The van der Waals surface area contributed by atoms with E-state index in [9.17, 15) is 5.11 Å². The van der Waals surface area contributed by atoms with Crippen molar-refractivity contribution in [3.05, 3.63) is 12.2 Å². The molecular weight excluding hydrogens is 220 g/mol. The fraction of sp³-hybridized carbons (Fsp3) is 0.882. The van der Waals surface area contributed by atoms with Crippen molar-refractivity contribution in [1.29, 1.82) is 0 Å². The Morgan fingerprint density at radius 2 is 1.00 bits per heavy atom. The molecule has 0 aromatic heterocycles. The highest BCUT2D eigenvalue weighted by molar-refractivity contribution is 5.04. The van der Waals surface area contributed by atoms with Crippen LogP contribution in [0.1, 0.15) is 75.2 Å². The van der Waals surface area contributed by atoms with Gasteiger partial charge in [0.25, 0.3) is 0 Å². The van der Waals surface area contributed by atoms with Crippen molar-refractivity contribution in [1.82, 2.24) is 0 Å². The van der Waals surface area contributed by atoms with Gasteiger partial charge in [-0.1, -0.05) is 60.6 Å². The van der Waals surface area contributed by atoms with Gasteiger partial charge in [-0.05, 0) is 42.9 Å². The number of rotatable bonds is 5. The van der Waals surface area contributed by atoms with Gasteiger partial charge in [0, 0.05) is 0 Å². The van der Waals surface area contributed by atoms with Crippen LogP contribution in [-0.2, 0) is 0 Å². The molecule has 0 saturated heterocycles. The SMILES string of the molecule is CC(C)(C)CC(C)(C)C=CC(C)(C)CC(C)(C)O. The summed E-state index contributed by atoms with van der Waals surface area (Å²) >= 11 is 0. The lowest BCUT2D eigenvalue weighted by molar-refractivity contribution is 0.0436. The zero-order valence-corrected chi connectivity index (χ0v) is 14.0. The Morgan fingerprint density at radius 1 is 0.667 bits per heavy atom. The highest BCUT2D eigenvalue weighted by Gasteiger charge is 2.27. The minimum atomic E-state index is -0.609. The van der Waals surface area contributed by atoms with E-state index in [2.05, 4.69) is 60.6 Å². The number of hydrogen-bond acceptors (Lipinski definition) is 1. The summed E-state index contributed by atoms with van der Waals surface area (Å²) < 4.78 is 0. The van der Waals surface area contributed by atoms with Gasteiger partial charge in [0.1, 0.15) is 0 Å². The molecular formula is C17H34O. The summed E-state index contributed by atoms with van der Waals surface area (Å²) in [5.74, 6) is 0. The largest absolute Gasteiger partial charge is 0.390 e. The third kappa shape index (κ3) is 9.70. The molecule has 0 aromatic carbocycles. The van der Waals surface area contributed by atoms with E-state index in [0.717, 1.165) is 12.8 Å². The zero-order chi connectivity index (χ0) is 14.8. The smallest absolute Gasteiger partial charge is 0.0599 e. The summed E-state index contributed by atoms with van der Waals surface area (Å²) in [6.45, 7) is 19.6. The van der Waals surface area contributed by atoms with E-state index in [0.29, 0.717) is 5.41 Å². The number of aliphatic hydroxyl groups is 1. The molecule has 1 nitrogen and oxygen atoms in total. The third-order valence-corrected chi connectivity index (χ3v) is 2.86. The van der Waals surface area contributed by atoms with Crippen LogP contribution in [0.25, 0.3) is 0 Å². The van der Waals surface area contributed by atoms with Crippen molar-refractivity contribution in [2.45, 2.75) is 80.8 Å². The fourth-order valence-corrected chi connectivity index (χ4v) is 3.05. The summed E-state index contributed by atoms with van der Waals surface area (Å²) in [5, 5.41) is 9.94. The molecule has 0 aliphatic carbocycles. The van der Waals surface area contributed by atoms with Gasteiger partial charge in [0.15, 0.2) is 0 Å². The minimum Gasteiger partial charge on any atom is -0.390 e. The van der Waals surface area contributed by atoms with Gasteiger partial charge in [0.05, 0.1) is 5.60 Å². The maximum atomic E-state index is 9.94. The normalized spacial score (nSPS) is 15.4. The Bertz CT molecular complexity index is 252. The van der Waals surface area contributed by atoms with E-state index in [1.54, 1.807) is 0 Å². The Balaban J connectivity index is 4.71. The van der Waals surface area contributed by atoms with Crippen molar-refractivity contribution in [2.24, 2.45) is 16.2 Å². The first-order valence-corrected chi connectivity index (χ1v) is 7.05. The summed E-state index contributed by atoms with van der Waals surface area (Å²) in [7, 11) is 0. The molecule has 0 atom stereocenters. The summed E-state index contributed by atoms with van der Waals surface area (Å²) in [6.07, 6.45) is 6.54. The molecule has 0 radical (unpaired) electrons. The van der Waals surface area contributed by atoms with Crippen LogP contribution in [0.2, 0.25) is 0 Å². The van der Waals surface area contributed by atoms with Gasteiger partial charge in [-0.3, -0.25) is 0 Å². The average Bonchev–Trinajstić information content (AvgIpc) is 1.91. The lowest BCUT2D eigenvalue weighted by Gasteiger charge is -2.33. The van der Waals surface area contributed by atoms with E-state index < -0.39 is 5.60 Å². The van der Waals surface area contributed by atoms with Crippen LogP contribution in [0.3, 0.4) is 0 Å². The van der Waals surface area contributed by atoms with Crippen molar-refractivity contribution >= 4 is 0 Å². The molecule has 0 saturated carbocycles. The second kappa shape index (κ2) is 5.36. The van der Waals surface area contributed by atoms with Gasteiger partial charge in [-0.25, -0.2) is 0 Å². The fourth-order valence-electron chi connectivity index (χ4n) is 3.05. The van der Waals surface area contributed by atoms with Crippen LogP contribution in [0, 0.1) is 16.2 Å². The molecule has 0 heterocycles. The average molecular weight is 254 g/mol. The summed E-state index contributed by atoms with van der Waals surface area (Å²) in [6, 6.07) is 0. The Labute approximate surface area is 115 Å². The van der Waals surface area contributed by atoms with Gasteiger partial charge in [0.2, 0.25) is 0 Å². The van der Waals surface area contributed by atoms with E-state index in [4.69, 9.17) is 0 Å². The lowest BCUT2D eigenvalue weighted by atomic mass is 9.74. The second-order valence-corrected chi connectivity index (χ2v) is 9.04. The van der Waals surface area contributed by atoms with Crippen molar-refractivity contribution in [3.63, 3.8) is 0 Å². The van der Waals surface area contributed by atoms with E-state index in [1.807, 2.05) is 13.8 Å². The van der Waals surface area contributed by atoms with Crippen LogP contribution in [0.4, 0.5) is 0 Å². The molecule has 0 spiro atoms. The molecule has 0 aliphatic rings. The molecule has 108 valence electrons. The Kier molecular flexibility index (Phi) is 5.28. The van der Waals surface area contributed by atoms with Gasteiger partial charge >= 0.3 is 0 Å². The Morgan fingerprint density at radius 3 is 1.28 bits per heavy atom. The first-order valence-electron chi connectivity index (χ1n) is 7.05. The number of allylic oxidation sites excluding steroid dienone is 2. The third-order valence-electron chi connectivity index (χ3n) is 2.86. The lowest BCUT2D eigenvalue weighted by Crippen LogP contribution is -2.27. The highest BCUT2D eigenvalue weighted by Crippen LogP contribution is 2.36. The van der Waals surface area contributed by atoms with Crippen molar-refractivity contribution < 1.29 is 5.11 Å². The molecule has 0 rings (SSSR count). The molecule has 0 unspecified atom stereocenters. The Hall–Kier alpha value is -0.300. The topological polar surface area (TPSA) is 20.2 Å². The van der Waals surface area contributed by atoms with Crippen LogP contribution in [0.15, 0.2) is 12.2 Å². The molecule has 0 aliphatic heterocycles. The van der Waals surface area contributed by atoms with E-state index >= 15 is 0 Å². The molecule has 18 heavy (non-hydrogen) atoms. The molecule has 0 amide bonds. The van der Waals surface area contributed by atoms with Crippen molar-refractivity contribution in [3.8, 4) is 0 Å². The highest BCUT2D eigenvalue weighted by atomic mass is 16.3. The van der Waals surface area contributed by atoms with Crippen LogP contribution in [0.5, 0.6) is 0 Å². The molecule has 1 N–H and O–H groups in total. The van der Waals surface area contributed by atoms with Crippen molar-refractivity contribution in [2.75, 3.05) is 0 Å². The standard InChI is InChI=1S/C17H34O/c1-14(2,3)12-15(4,5)10-11-16(6,7)13-17(8,9)18/h10-11,18H,12-13H2,1-9H3. The first-order chi connectivity index (χ1) is 7.62. The predicted molar refractivity (Wildman–Crippen MR) is 81.7 cm³/mol. The molecule has 0 aromatic rings. The second-order valence-electron chi connectivity index (χ2n) is 9.04. The van der Waals surface area contributed by atoms with Crippen LogP contribution >= 0.6 is 0 Å². The van der Waals surface area contributed by atoms with Gasteiger partial charge < -0.3 is 5.11 Å². The monoisotopic (exact) mass is 254 g/mol. The molecule has 1 heteroatoms. The zero-order valence-electron chi connectivity index (χ0n) is 14.0. The quantitative estimate of drug-likeness (QED) is 0.669. The van der Waals surface area contributed by atoms with E-state index in [1.165, 1.54) is 0 Å². The summed E-state index contributed by atoms with van der Waals surface area (Å²) in [5.41, 5.74) is -0.0290. The predicted octanol–water partition coefficient (Wildman–Crippen LogP) is 5.19. The maximum absolute atomic E-state index is 9.94. The van der Waals surface area contributed by atoms with Gasteiger partial charge in [-0.15, -0.1) is 0 Å². The number of hydrogen-bond donors (Lipinski definition) is 1.